The molecule has 0 amide bonds. The molecule has 6 nitrogen and oxygen atoms in total. The molecule has 0 fully saturated rings. The number of rotatable bonds is 7. The maximum absolute atomic E-state index is 6.68. The second kappa shape index (κ2) is 15.6. The largest absolute Gasteiger partial charge is 0.509 e. The van der Waals surface area contributed by atoms with E-state index in [1.54, 1.807) is 0 Å². The van der Waals surface area contributed by atoms with Gasteiger partial charge in [0.2, 0.25) is 0 Å². The SMILES string of the molecule is CC(C)c1cnc(N2[CH-]N(c3[c-]c(Oc4[c-]c5c(cc4)-c4ccccc4-c4ccccc4N5c4cc(C(C)(C)C)ccn4)ccc3)c3ccccc32)c(C(C)C)c1.[Pt]. The van der Waals surface area contributed by atoms with Crippen molar-refractivity contribution in [1.29, 1.82) is 0 Å². The fourth-order valence-electron chi connectivity index (χ4n) is 7.79. The number of benzene rings is 5. The summed E-state index contributed by atoms with van der Waals surface area (Å²) in [7, 11) is 0. The van der Waals surface area contributed by atoms with E-state index in [2.05, 4.69) is 185 Å². The Bertz CT molecular complexity index is 2630. The van der Waals surface area contributed by atoms with Gasteiger partial charge in [-0.15, -0.1) is 48.3 Å². The van der Waals surface area contributed by atoms with Gasteiger partial charge in [0.25, 0.3) is 0 Å². The van der Waals surface area contributed by atoms with Crippen molar-refractivity contribution in [3.8, 4) is 33.8 Å². The van der Waals surface area contributed by atoms with Crippen LogP contribution in [0.5, 0.6) is 11.5 Å². The molecule has 9 rings (SSSR count). The summed E-state index contributed by atoms with van der Waals surface area (Å²) in [4.78, 5) is 16.6. The Morgan fingerprint density at radius 2 is 1.28 bits per heavy atom. The van der Waals surface area contributed by atoms with E-state index in [0.29, 0.717) is 23.3 Å². The van der Waals surface area contributed by atoms with E-state index in [4.69, 9.17) is 14.7 Å². The third kappa shape index (κ3) is 7.09. The van der Waals surface area contributed by atoms with E-state index in [1.807, 2.05) is 30.6 Å². The first-order valence-corrected chi connectivity index (χ1v) is 19.8. The zero-order chi connectivity index (χ0) is 39.4. The van der Waals surface area contributed by atoms with Crippen LogP contribution in [0.1, 0.15) is 77.0 Å². The monoisotopic (exact) mass is 939 g/mol. The Kier molecular flexibility index (Phi) is 10.5. The topological polar surface area (TPSA) is 44.7 Å². The quantitative estimate of drug-likeness (QED) is 0.148. The summed E-state index contributed by atoms with van der Waals surface area (Å²) in [5.74, 6) is 3.63. The summed E-state index contributed by atoms with van der Waals surface area (Å²) in [6.45, 7) is 17.7. The molecular formula is C51H46N5OPt-3. The zero-order valence-electron chi connectivity index (χ0n) is 33.9. The second-order valence-corrected chi connectivity index (χ2v) is 16.5. The molecule has 0 saturated carbocycles. The van der Waals surface area contributed by atoms with Crippen LogP contribution in [0.15, 0.2) is 134 Å². The molecule has 5 aromatic carbocycles. The van der Waals surface area contributed by atoms with Gasteiger partial charge in [0.1, 0.15) is 11.6 Å². The third-order valence-corrected chi connectivity index (χ3v) is 10.9. The van der Waals surface area contributed by atoms with Crippen LogP contribution in [0.3, 0.4) is 0 Å². The molecule has 2 aliphatic rings. The van der Waals surface area contributed by atoms with Gasteiger partial charge >= 0.3 is 0 Å². The van der Waals surface area contributed by atoms with E-state index in [9.17, 15) is 0 Å². The third-order valence-electron chi connectivity index (χ3n) is 10.9. The number of nitrogens with zero attached hydrogens (tertiary/aromatic N) is 5. The number of hydrogen-bond donors (Lipinski definition) is 0. The van der Waals surface area contributed by atoms with Crippen molar-refractivity contribution in [2.45, 2.75) is 65.7 Å². The number of pyridine rings is 2. The molecule has 7 heteroatoms. The van der Waals surface area contributed by atoms with Gasteiger partial charge in [-0.25, -0.2) is 9.97 Å². The Labute approximate surface area is 357 Å². The number of fused-ring (bicyclic) bond motifs is 6. The minimum atomic E-state index is -0.0553. The second-order valence-electron chi connectivity index (χ2n) is 16.5. The van der Waals surface area contributed by atoms with Gasteiger partial charge in [-0.05, 0) is 69.8 Å². The summed E-state index contributed by atoms with van der Waals surface area (Å²) >= 11 is 0. The Balaban J connectivity index is 0.00000469. The fraction of sp³-hybridized carbons (Fsp3) is 0.196. The van der Waals surface area contributed by atoms with Gasteiger partial charge in [-0.3, -0.25) is 0 Å². The molecule has 58 heavy (non-hydrogen) atoms. The molecule has 0 atom stereocenters. The number of aromatic nitrogens is 2. The average molecular weight is 940 g/mol. The van der Waals surface area contributed by atoms with Gasteiger partial charge in [-0.2, -0.15) is 12.1 Å². The van der Waals surface area contributed by atoms with Crippen LogP contribution in [-0.4, -0.2) is 9.97 Å². The number of hydrogen-bond acceptors (Lipinski definition) is 6. The van der Waals surface area contributed by atoms with Gasteiger partial charge in [0.15, 0.2) is 0 Å². The van der Waals surface area contributed by atoms with Crippen molar-refractivity contribution in [1.82, 2.24) is 9.97 Å². The first-order valence-electron chi connectivity index (χ1n) is 19.8. The van der Waals surface area contributed by atoms with Crippen LogP contribution in [0.4, 0.5) is 40.1 Å². The molecule has 0 N–H and O–H groups in total. The Morgan fingerprint density at radius 3 is 1.98 bits per heavy atom. The smallest absolute Gasteiger partial charge is 0.135 e. The molecule has 0 radical (unpaired) electrons. The predicted molar refractivity (Wildman–Crippen MR) is 234 cm³/mol. The first-order chi connectivity index (χ1) is 27.5. The van der Waals surface area contributed by atoms with E-state index >= 15 is 0 Å². The Hall–Kier alpha value is -5.71. The van der Waals surface area contributed by atoms with Crippen LogP contribution in [0, 0.1) is 18.8 Å². The maximum atomic E-state index is 6.68. The minimum Gasteiger partial charge on any atom is -0.509 e. The summed E-state index contributed by atoms with van der Waals surface area (Å²) in [6, 6.07) is 49.6. The van der Waals surface area contributed by atoms with Crippen LogP contribution < -0.4 is 19.4 Å². The summed E-state index contributed by atoms with van der Waals surface area (Å²) < 4.78 is 6.68. The standard InChI is InChI=1S/C51H46N5O.Pt/c1-33(2)35-27-44(34(3)4)50(53-31-35)55-32-54(46-21-12-13-22-47(46)55)37-15-14-16-38(29-37)57-39-23-24-43-41-18-9-8-17-40(41)42-19-10-11-20-45(42)56(48(43)30-39)49-28-36(25-26-52-49)51(5,6)7;/h8-28,31-34H,1-7H3;/q-3;. The minimum absolute atomic E-state index is 0. The molecular weight excluding hydrogens is 894 g/mol. The summed E-state index contributed by atoms with van der Waals surface area (Å²) in [6.07, 6.45) is 3.92. The van der Waals surface area contributed by atoms with E-state index in [1.165, 1.54) is 16.7 Å². The predicted octanol–water partition coefficient (Wildman–Crippen LogP) is 13.9. The van der Waals surface area contributed by atoms with Gasteiger partial charge in [-0.1, -0.05) is 120 Å². The molecule has 0 bridgehead atoms. The van der Waals surface area contributed by atoms with Gasteiger partial charge in [0.05, 0.1) is 5.69 Å². The molecule has 0 aliphatic carbocycles. The van der Waals surface area contributed by atoms with Crippen molar-refractivity contribution in [2.24, 2.45) is 0 Å². The molecule has 0 saturated heterocycles. The van der Waals surface area contributed by atoms with Crippen LogP contribution in [0.25, 0.3) is 22.3 Å². The normalized spacial score (nSPS) is 13.1. The summed E-state index contributed by atoms with van der Waals surface area (Å²) in [5, 5.41) is 0. The Morgan fingerprint density at radius 1 is 0.621 bits per heavy atom. The van der Waals surface area contributed by atoms with Crippen molar-refractivity contribution in [3.63, 3.8) is 0 Å². The zero-order valence-corrected chi connectivity index (χ0v) is 36.2. The first kappa shape index (κ1) is 39.1. The molecule has 294 valence electrons. The summed E-state index contributed by atoms with van der Waals surface area (Å²) in [5.41, 5.74) is 12.9. The average Bonchev–Trinajstić information content (AvgIpc) is 3.55. The van der Waals surface area contributed by atoms with Gasteiger partial charge < -0.3 is 19.4 Å². The molecule has 0 unspecified atom stereocenters. The van der Waals surface area contributed by atoms with Crippen molar-refractivity contribution in [2.75, 3.05) is 14.7 Å². The number of para-hydroxylation sites is 3. The van der Waals surface area contributed by atoms with Crippen LogP contribution >= 0.6 is 0 Å². The van der Waals surface area contributed by atoms with Crippen molar-refractivity contribution in [3.05, 3.63) is 169 Å². The number of ether oxygens (including phenoxy) is 1. The van der Waals surface area contributed by atoms with Crippen molar-refractivity contribution >= 4 is 40.1 Å². The van der Waals surface area contributed by atoms with E-state index < -0.39 is 0 Å². The van der Waals surface area contributed by atoms with Crippen LogP contribution in [-0.2, 0) is 26.5 Å². The molecule has 2 aliphatic heterocycles. The molecule has 7 aromatic rings. The molecule has 2 aromatic heterocycles. The van der Waals surface area contributed by atoms with E-state index in [-0.39, 0.29) is 26.5 Å². The van der Waals surface area contributed by atoms with Gasteiger partial charge in [0, 0.05) is 61.9 Å². The van der Waals surface area contributed by atoms with Crippen LogP contribution in [0.2, 0.25) is 0 Å². The molecule has 0 spiro atoms. The number of anilines is 7. The fourth-order valence-corrected chi connectivity index (χ4v) is 7.79. The maximum Gasteiger partial charge on any atom is 0.135 e. The van der Waals surface area contributed by atoms with Crippen molar-refractivity contribution < 1.29 is 25.8 Å². The molecule has 4 heterocycles. The van der Waals surface area contributed by atoms with E-state index in [0.717, 1.165) is 62.3 Å².